The molecule has 2 aromatic rings. The molecule has 1 atom stereocenters. The highest BCUT2D eigenvalue weighted by molar-refractivity contribution is 5.91. The van der Waals surface area contributed by atoms with E-state index < -0.39 is 0 Å². The van der Waals surface area contributed by atoms with Gasteiger partial charge in [-0.3, -0.25) is 14.6 Å². The van der Waals surface area contributed by atoms with Crippen molar-refractivity contribution in [3.63, 3.8) is 0 Å². The fourth-order valence-corrected chi connectivity index (χ4v) is 2.57. The maximum absolute atomic E-state index is 12.0. The summed E-state index contributed by atoms with van der Waals surface area (Å²) in [5.41, 5.74) is 3.08. The van der Waals surface area contributed by atoms with Gasteiger partial charge < -0.3 is 10.6 Å². The van der Waals surface area contributed by atoms with E-state index in [9.17, 15) is 9.59 Å². The van der Waals surface area contributed by atoms with E-state index in [2.05, 4.69) is 21.7 Å². The molecular weight excluding hydrogens is 302 g/mol. The molecule has 2 N–H and O–H groups in total. The zero-order chi connectivity index (χ0) is 17.4. The molecule has 24 heavy (non-hydrogen) atoms. The van der Waals surface area contributed by atoms with E-state index in [4.69, 9.17) is 0 Å². The second kappa shape index (κ2) is 8.82. The van der Waals surface area contributed by atoms with Crippen molar-refractivity contribution in [1.82, 2.24) is 10.3 Å². The van der Waals surface area contributed by atoms with Gasteiger partial charge in [-0.25, -0.2) is 0 Å². The molecule has 1 heterocycles. The monoisotopic (exact) mass is 325 g/mol. The molecule has 1 aromatic heterocycles. The normalized spacial score (nSPS) is 11.6. The first-order valence-electron chi connectivity index (χ1n) is 8.08. The van der Waals surface area contributed by atoms with Crippen molar-refractivity contribution in [2.75, 3.05) is 11.9 Å². The first-order valence-corrected chi connectivity index (χ1v) is 8.08. The van der Waals surface area contributed by atoms with E-state index in [-0.39, 0.29) is 24.2 Å². The molecule has 0 saturated carbocycles. The van der Waals surface area contributed by atoms with Gasteiger partial charge in [0.1, 0.15) is 0 Å². The quantitative estimate of drug-likeness (QED) is 0.822. The Morgan fingerprint density at radius 2 is 1.79 bits per heavy atom. The molecule has 2 amide bonds. The van der Waals surface area contributed by atoms with Crippen molar-refractivity contribution < 1.29 is 9.59 Å². The third-order valence-corrected chi connectivity index (χ3v) is 3.85. The fourth-order valence-electron chi connectivity index (χ4n) is 2.57. The van der Waals surface area contributed by atoms with Gasteiger partial charge in [0.25, 0.3) is 0 Å². The minimum atomic E-state index is -0.131. The highest BCUT2D eigenvalue weighted by Crippen LogP contribution is 2.22. The third-order valence-electron chi connectivity index (χ3n) is 3.85. The number of amides is 2. The van der Waals surface area contributed by atoms with Crippen molar-refractivity contribution in [1.29, 1.82) is 0 Å². The standard InChI is InChI=1S/C19H23N3O2/c1-14-5-3-4-6-17(14)15(2)13-19(24)21-12-9-18(23)22-16-7-10-20-11-8-16/h3-8,10-11,15H,9,12-13H2,1-2H3,(H,21,24)(H,20,22,23). The summed E-state index contributed by atoms with van der Waals surface area (Å²) in [4.78, 5) is 27.7. The predicted molar refractivity (Wildman–Crippen MR) is 94.7 cm³/mol. The lowest BCUT2D eigenvalue weighted by atomic mass is 9.93. The summed E-state index contributed by atoms with van der Waals surface area (Å²) < 4.78 is 0. The molecule has 0 aliphatic carbocycles. The largest absolute Gasteiger partial charge is 0.356 e. The lowest BCUT2D eigenvalue weighted by Gasteiger charge is -2.14. The number of anilines is 1. The lowest BCUT2D eigenvalue weighted by molar-refractivity contribution is -0.121. The average Bonchev–Trinajstić information content (AvgIpc) is 2.56. The number of rotatable bonds is 7. The summed E-state index contributed by atoms with van der Waals surface area (Å²) in [7, 11) is 0. The van der Waals surface area contributed by atoms with Gasteiger partial charge in [0.15, 0.2) is 0 Å². The second-order valence-electron chi connectivity index (χ2n) is 5.85. The molecule has 5 nitrogen and oxygen atoms in total. The Balaban J connectivity index is 1.71. The number of nitrogens with zero attached hydrogens (tertiary/aromatic N) is 1. The van der Waals surface area contributed by atoms with Crippen molar-refractivity contribution in [2.24, 2.45) is 0 Å². The maximum Gasteiger partial charge on any atom is 0.226 e. The number of benzene rings is 1. The molecule has 0 radical (unpaired) electrons. The fraction of sp³-hybridized carbons (Fsp3) is 0.316. The summed E-state index contributed by atoms with van der Waals surface area (Å²) in [5, 5.41) is 5.57. The Kier molecular flexibility index (Phi) is 6.49. The Hall–Kier alpha value is -2.69. The molecule has 0 fully saturated rings. The van der Waals surface area contributed by atoms with Gasteiger partial charge in [-0.2, -0.15) is 0 Å². The van der Waals surface area contributed by atoms with E-state index in [0.29, 0.717) is 18.7 Å². The molecule has 0 aliphatic heterocycles. The Labute approximate surface area is 142 Å². The number of hydrogen-bond donors (Lipinski definition) is 2. The van der Waals surface area contributed by atoms with E-state index in [0.717, 1.165) is 0 Å². The van der Waals surface area contributed by atoms with Crippen molar-refractivity contribution in [2.45, 2.75) is 32.6 Å². The van der Waals surface area contributed by atoms with Gasteiger partial charge in [0.05, 0.1) is 0 Å². The highest BCUT2D eigenvalue weighted by atomic mass is 16.2. The topological polar surface area (TPSA) is 71.1 Å². The summed E-state index contributed by atoms with van der Waals surface area (Å²) in [5.74, 6) is -0.0206. The molecular formula is C19H23N3O2. The van der Waals surface area contributed by atoms with Gasteiger partial charge in [0.2, 0.25) is 11.8 Å². The van der Waals surface area contributed by atoms with Crippen LogP contribution in [0.4, 0.5) is 5.69 Å². The van der Waals surface area contributed by atoms with Crippen LogP contribution in [0.25, 0.3) is 0 Å². The summed E-state index contributed by atoms with van der Waals surface area (Å²) in [6.45, 7) is 4.42. The van der Waals surface area contributed by atoms with Crippen molar-refractivity contribution >= 4 is 17.5 Å². The lowest BCUT2D eigenvalue weighted by Crippen LogP contribution is -2.28. The average molecular weight is 325 g/mol. The number of aryl methyl sites for hydroxylation is 1. The van der Waals surface area contributed by atoms with Crippen LogP contribution < -0.4 is 10.6 Å². The SMILES string of the molecule is Cc1ccccc1C(C)CC(=O)NCCC(=O)Nc1ccncc1. The second-order valence-corrected chi connectivity index (χ2v) is 5.85. The summed E-state index contributed by atoms with van der Waals surface area (Å²) in [6.07, 6.45) is 3.89. The number of carbonyl (C=O) groups excluding carboxylic acids is 2. The number of hydrogen-bond acceptors (Lipinski definition) is 3. The van der Waals surface area contributed by atoms with Crippen LogP contribution in [0, 0.1) is 6.92 Å². The minimum Gasteiger partial charge on any atom is -0.356 e. The zero-order valence-corrected chi connectivity index (χ0v) is 14.1. The maximum atomic E-state index is 12.0. The molecule has 0 spiro atoms. The van der Waals surface area contributed by atoms with Crippen LogP contribution in [0.5, 0.6) is 0 Å². The molecule has 0 aliphatic rings. The number of pyridine rings is 1. The van der Waals surface area contributed by atoms with Gasteiger partial charge in [-0.1, -0.05) is 31.2 Å². The van der Waals surface area contributed by atoms with Gasteiger partial charge in [-0.05, 0) is 36.1 Å². The van der Waals surface area contributed by atoms with E-state index in [1.54, 1.807) is 24.5 Å². The molecule has 1 aromatic carbocycles. The zero-order valence-electron chi connectivity index (χ0n) is 14.1. The number of nitrogens with one attached hydrogen (secondary N) is 2. The van der Waals surface area contributed by atoms with E-state index >= 15 is 0 Å². The van der Waals surface area contributed by atoms with Crippen LogP contribution in [-0.2, 0) is 9.59 Å². The Bertz CT molecular complexity index is 686. The smallest absolute Gasteiger partial charge is 0.226 e. The molecule has 0 bridgehead atoms. The molecule has 5 heteroatoms. The summed E-state index contributed by atoms with van der Waals surface area (Å²) in [6, 6.07) is 11.5. The van der Waals surface area contributed by atoms with Gasteiger partial charge in [-0.15, -0.1) is 0 Å². The minimum absolute atomic E-state index is 0.0394. The van der Waals surface area contributed by atoms with E-state index in [1.165, 1.54) is 11.1 Å². The van der Waals surface area contributed by atoms with Crippen LogP contribution in [-0.4, -0.2) is 23.3 Å². The molecule has 126 valence electrons. The van der Waals surface area contributed by atoms with Crippen LogP contribution in [0.3, 0.4) is 0 Å². The van der Waals surface area contributed by atoms with E-state index in [1.807, 2.05) is 32.0 Å². The van der Waals surface area contributed by atoms with Crippen LogP contribution >= 0.6 is 0 Å². The first-order chi connectivity index (χ1) is 11.6. The number of carbonyl (C=O) groups is 2. The summed E-state index contributed by atoms with van der Waals surface area (Å²) >= 11 is 0. The Morgan fingerprint density at radius 3 is 2.50 bits per heavy atom. The molecule has 1 unspecified atom stereocenters. The number of aromatic nitrogens is 1. The van der Waals surface area contributed by atoms with Crippen molar-refractivity contribution in [3.8, 4) is 0 Å². The van der Waals surface area contributed by atoms with Crippen LogP contribution in [0.15, 0.2) is 48.8 Å². The third kappa shape index (κ3) is 5.50. The van der Waals surface area contributed by atoms with Crippen molar-refractivity contribution in [3.05, 3.63) is 59.9 Å². The highest BCUT2D eigenvalue weighted by Gasteiger charge is 2.13. The predicted octanol–water partition coefficient (Wildman–Crippen LogP) is 3.03. The molecule has 2 rings (SSSR count). The Morgan fingerprint density at radius 1 is 1.08 bits per heavy atom. The molecule has 0 saturated heterocycles. The van der Waals surface area contributed by atoms with Gasteiger partial charge >= 0.3 is 0 Å². The van der Waals surface area contributed by atoms with Gasteiger partial charge in [0, 0.05) is 37.5 Å². The van der Waals surface area contributed by atoms with Crippen LogP contribution in [0.2, 0.25) is 0 Å². The van der Waals surface area contributed by atoms with Crippen LogP contribution in [0.1, 0.15) is 36.8 Å². The first kappa shape index (κ1) is 17.7.